The molecular weight excluding hydrogens is 340 g/mol. The second-order valence-corrected chi connectivity index (χ2v) is 7.76. The SMILES string of the molecule is Cc1ccc(N2C(=O)C3ON(c4ccccc4)C(CC(C)C)C3C2=O)cc1. The molecule has 2 aromatic carbocycles. The molecule has 3 atom stereocenters. The molecule has 2 aliphatic rings. The van der Waals surface area contributed by atoms with Crippen LogP contribution in [0.25, 0.3) is 0 Å². The third-order valence-corrected chi connectivity index (χ3v) is 5.25. The summed E-state index contributed by atoms with van der Waals surface area (Å²) in [5.74, 6) is -0.555. The van der Waals surface area contributed by atoms with E-state index in [1.807, 2.05) is 61.5 Å². The molecule has 140 valence electrons. The molecule has 0 aromatic heterocycles. The van der Waals surface area contributed by atoms with E-state index in [1.54, 1.807) is 5.06 Å². The summed E-state index contributed by atoms with van der Waals surface area (Å²) < 4.78 is 0. The third kappa shape index (κ3) is 3.02. The number of hydrogen-bond donors (Lipinski definition) is 0. The van der Waals surface area contributed by atoms with Gasteiger partial charge in [-0.3, -0.25) is 14.4 Å². The summed E-state index contributed by atoms with van der Waals surface area (Å²) in [6.07, 6.45) is 0.0133. The van der Waals surface area contributed by atoms with Gasteiger partial charge in [0.15, 0.2) is 6.10 Å². The Morgan fingerprint density at radius 1 is 0.926 bits per heavy atom. The van der Waals surface area contributed by atoms with E-state index in [1.165, 1.54) is 4.90 Å². The molecule has 27 heavy (non-hydrogen) atoms. The highest BCUT2D eigenvalue weighted by Crippen LogP contribution is 2.42. The summed E-state index contributed by atoms with van der Waals surface area (Å²) in [7, 11) is 0. The molecule has 0 N–H and O–H groups in total. The average Bonchev–Trinajstić information content (AvgIpc) is 3.13. The number of anilines is 2. The van der Waals surface area contributed by atoms with E-state index in [2.05, 4.69) is 13.8 Å². The molecule has 4 rings (SSSR count). The van der Waals surface area contributed by atoms with Gasteiger partial charge in [0.1, 0.15) is 0 Å². The van der Waals surface area contributed by atoms with Crippen LogP contribution in [0.4, 0.5) is 11.4 Å². The lowest BCUT2D eigenvalue weighted by atomic mass is 9.90. The highest BCUT2D eigenvalue weighted by Gasteiger charge is 2.59. The topological polar surface area (TPSA) is 49.9 Å². The number of carbonyl (C=O) groups is 2. The zero-order valence-corrected chi connectivity index (χ0v) is 15.8. The van der Waals surface area contributed by atoms with Crippen LogP contribution in [0.5, 0.6) is 0 Å². The monoisotopic (exact) mass is 364 g/mol. The normalized spacial score (nSPS) is 24.8. The van der Waals surface area contributed by atoms with E-state index >= 15 is 0 Å². The van der Waals surface area contributed by atoms with Gasteiger partial charge in [-0.25, -0.2) is 9.96 Å². The van der Waals surface area contributed by atoms with Gasteiger partial charge in [0.25, 0.3) is 5.91 Å². The Labute approximate surface area is 159 Å². The number of carbonyl (C=O) groups excluding carboxylic acids is 2. The van der Waals surface area contributed by atoms with E-state index < -0.39 is 12.0 Å². The molecular formula is C22H24N2O3. The van der Waals surface area contributed by atoms with Gasteiger partial charge >= 0.3 is 0 Å². The number of hydrogen-bond acceptors (Lipinski definition) is 4. The van der Waals surface area contributed by atoms with Crippen LogP contribution < -0.4 is 9.96 Å². The van der Waals surface area contributed by atoms with Crippen molar-refractivity contribution in [2.45, 2.75) is 39.3 Å². The third-order valence-electron chi connectivity index (χ3n) is 5.25. The summed E-state index contributed by atoms with van der Waals surface area (Å²) in [6.45, 7) is 6.22. The van der Waals surface area contributed by atoms with E-state index in [0.29, 0.717) is 11.6 Å². The predicted octanol–water partition coefficient (Wildman–Crippen LogP) is 3.72. The summed E-state index contributed by atoms with van der Waals surface area (Å²) in [5, 5.41) is 1.78. The first-order valence-electron chi connectivity index (χ1n) is 9.43. The van der Waals surface area contributed by atoms with Crippen molar-refractivity contribution in [3.63, 3.8) is 0 Å². The largest absolute Gasteiger partial charge is 0.273 e. The molecule has 2 saturated heterocycles. The maximum absolute atomic E-state index is 13.2. The average molecular weight is 364 g/mol. The first-order valence-corrected chi connectivity index (χ1v) is 9.43. The zero-order chi connectivity index (χ0) is 19.1. The van der Waals surface area contributed by atoms with E-state index in [0.717, 1.165) is 17.7 Å². The summed E-state index contributed by atoms with van der Waals surface area (Å²) >= 11 is 0. The fourth-order valence-electron chi connectivity index (χ4n) is 3.99. The summed E-state index contributed by atoms with van der Waals surface area (Å²) in [4.78, 5) is 33.7. The minimum Gasteiger partial charge on any atom is -0.273 e. The van der Waals surface area contributed by atoms with Gasteiger partial charge in [-0.05, 0) is 43.5 Å². The van der Waals surface area contributed by atoms with Crippen LogP contribution >= 0.6 is 0 Å². The van der Waals surface area contributed by atoms with Gasteiger partial charge in [0.2, 0.25) is 5.91 Å². The second kappa shape index (κ2) is 6.82. The van der Waals surface area contributed by atoms with Gasteiger partial charge in [0.05, 0.1) is 23.3 Å². The maximum atomic E-state index is 13.2. The Balaban J connectivity index is 1.69. The Bertz CT molecular complexity index is 848. The number of hydroxylamine groups is 1. The number of rotatable bonds is 4. The molecule has 0 spiro atoms. The Hall–Kier alpha value is -2.66. The molecule has 3 unspecified atom stereocenters. The summed E-state index contributed by atoms with van der Waals surface area (Å²) in [5.41, 5.74) is 2.57. The van der Waals surface area contributed by atoms with Crippen molar-refractivity contribution in [2.24, 2.45) is 11.8 Å². The van der Waals surface area contributed by atoms with E-state index in [9.17, 15) is 9.59 Å². The van der Waals surface area contributed by atoms with Crippen molar-refractivity contribution in [3.8, 4) is 0 Å². The molecule has 0 bridgehead atoms. The molecule has 0 radical (unpaired) electrons. The van der Waals surface area contributed by atoms with Crippen molar-refractivity contribution in [1.82, 2.24) is 0 Å². The van der Waals surface area contributed by atoms with Crippen LogP contribution in [0.1, 0.15) is 25.8 Å². The minimum absolute atomic E-state index is 0.163. The first-order chi connectivity index (χ1) is 13.0. The number of imide groups is 1. The lowest BCUT2D eigenvalue weighted by Crippen LogP contribution is -2.41. The standard InChI is InChI=1S/C22H24N2O3/c1-14(2)13-18-19-20(27-24(18)17-7-5-4-6-8-17)22(26)23(21(19)25)16-11-9-15(3)10-12-16/h4-12,14,18-20H,13H2,1-3H3. The number of aryl methyl sites for hydroxylation is 1. The highest BCUT2D eigenvalue weighted by molar-refractivity contribution is 6.23. The molecule has 2 amide bonds. The Morgan fingerprint density at radius 3 is 2.22 bits per heavy atom. The van der Waals surface area contributed by atoms with Crippen molar-refractivity contribution < 1.29 is 14.4 Å². The van der Waals surface area contributed by atoms with Crippen LogP contribution in [0, 0.1) is 18.8 Å². The van der Waals surface area contributed by atoms with Gasteiger partial charge in [-0.15, -0.1) is 0 Å². The van der Waals surface area contributed by atoms with Gasteiger partial charge < -0.3 is 0 Å². The molecule has 2 aliphatic heterocycles. The smallest absolute Gasteiger partial charge is 0.266 e. The van der Waals surface area contributed by atoms with Crippen LogP contribution in [0.3, 0.4) is 0 Å². The quantitative estimate of drug-likeness (QED) is 0.776. The first kappa shape index (κ1) is 17.7. The van der Waals surface area contributed by atoms with Crippen molar-refractivity contribution in [1.29, 1.82) is 0 Å². The van der Waals surface area contributed by atoms with Crippen molar-refractivity contribution in [2.75, 3.05) is 9.96 Å². The Morgan fingerprint density at radius 2 is 1.59 bits per heavy atom. The maximum Gasteiger partial charge on any atom is 0.266 e. The highest BCUT2D eigenvalue weighted by atomic mass is 16.7. The molecule has 5 heteroatoms. The molecule has 2 aromatic rings. The molecule has 5 nitrogen and oxygen atoms in total. The fourth-order valence-corrected chi connectivity index (χ4v) is 3.99. The number of para-hydroxylation sites is 1. The van der Waals surface area contributed by atoms with Crippen LogP contribution in [-0.2, 0) is 14.4 Å². The van der Waals surface area contributed by atoms with Crippen LogP contribution in [0.2, 0.25) is 0 Å². The second-order valence-electron chi connectivity index (χ2n) is 7.76. The molecule has 0 saturated carbocycles. The number of nitrogens with zero attached hydrogens (tertiary/aromatic N) is 2. The van der Waals surface area contributed by atoms with Gasteiger partial charge in [-0.1, -0.05) is 49.7 Å². The molecule has 2 fully saturated rings. The fraction of sp³-hybridized carbons (Fsp3) is 0.364. The lowest BCUT2D eigenvalue weighted by Gasteiger charge is -2.29. The predicted molar refractivity (Wildman–Crippen MR) is 104 cm³/mol. The number of fused-ring (bicyclic) bond motifs is 1. The minimum atomic E-state index is -0.761. The van der Waals surface area contributed by atoms with E-state index in [-0.39, 0.29) is 17.9 Å². The molecule has 0 aliphatic carbocycles. The van der Waals surface area contributed by atoms with Crippen LogP contribution in [0.15, 0.2) is 54.6 Å². The number of benzene rings is 2. The molecule has 2 heterocycles. The number of amides is 2. The van der Waals surface area contributed by atoms with Gasteiger partial charge in [0, 0.05) is 0 Å². The van der Waals surface area contributed by atoms with Crippen molar-refractivity contribution >= 4 is 23.2 Å². The van der Waals surface area contributed by atoms with Gasteiger partial charge in [-0.2, -0.15) is 0 Å². The summed E-state index contributed by atoms with van der Waals surface area (Å²) in [6, 6.07) is 17.0. The lowest BCUT2D eigenvalue weighted by molar-refractivity contribution is -0.126. The van der Waals surface area contributed by atoms with Crippen molar-refractivity contribution in [3.05, 3.63) is 60.2 Å². The Kier molecular flexibility index (Phi) is 4.48. The zero-order valence-electron chi connectivity index (χ0n) is 15.8. The van der Waals surface area contributed by atoms with E-state index in [4.69, 9.17) is 4.84 Å². The van der Waals surface area contributed by atoms with Crippen LogP contribution in [-0.4, -0.2) is 24.0 Å².